The third-order valence-electron chi connectivity index (χ3n) is 9.60. The van der Waals surface area contributed by atoms with Crippen LogP contribution >= 0.6 is 0 Å². The summed E-state index contributed by atoms with van der Waals surface area (Å²) in [5.41, 5.74) is 1.90. The number of halogens is 3. The average Bonchev–Trinajstić information content (AvgIpc) is 3.57. The molecule has 11 heteroatoms. The first-order valence-corrected chi connectivity index (χ1v) is 17.7. The van der Waals surface area contributed by atoms with Crippen LogP contribution in [0.15, 0.2) is 115 Å². The summed E-state index contributed by atoms with van der Waals surface area (Å²) in [5, 5.41) is 2.80. The maximum Gasteiger partial charge on any atom is 0.416 e. The average molecular weight is 737 g/mol. The first kappa shape index (κ1) is 37.8. The van der Waals surface area contributed by atoms with Gasteiger partial charge in [0.05, 0.1) is 22.4 Å². The minimum atomic E-state index is -4.49. The van der Waals surface area contributed by atoms with E-state index in [0.717, 1.165) is 30.5 Å². The maximum atomic E-state index is 13.5. The van der Waals surface area contributed by atoms with Gasteiger partial charge in [-0.1, -0.05) is 60.7 Å². The molecule has 3 atom stereocenters. The molecule has 0 spiro atoms. The smallest absolute Gasteiger partial charge is 0.416 e. The Kier molecular flexibility index (Phi) is 11.4. The molecule has 0 saturated heterocycles. The molecule has 1 saturated carbocycles. The maximum absolute atomic E-state index is 13.5. The molecule has 0 radical (unpaired) electrons. The molecule has 0 aromatic heterocycles. The fourth-order valence-electron chi connectivity index (χ4n) is 6.76. The highest BCUT2D eigenvalue weighted by atomic mass is 19.4. The van der Waals surface area contributed by atoms with Crippen molar-refractivity contribution < 1.29 is 41.8 Å². The summed E-state index contributed by atoms with van der Waals surface area (Å²) < 4.78 is 50.6. The molecule has 2 aliphatic rings. The van der Waals surface area contributed by atoms with E-state index in [-0.39, 0.29) is 41.2 Å². The van der Waals surface area contributed by atoms with Gasteiger partial charge in [-0.15, -0.1) is 0 Å². The molecular weight excluding hydrogens is 697 g/mol. The van der Waals surface area contributed by atoms with Gasteiger partial charge in [-0.3, -0.25) is 14.4 Å². The number of fused-ring (bicyclic) bond motifs is 1. The van der Waals surface area contributed by atoms with E-state index in [9.17, 15) is 32.3 Å². The summed E-state index contributed by atoms with van der Waals surface area (Å²) in [6, 6.07) is 22.4. The summed E-state index contributed by atoms with van der Waals surface area (Å²) in [4.78, 5) is 53.6. The SMILES string of the molecule is CN(C)C(=O)c1cc(CCCC(=O)Oc2ccc(C(=O)OC3CCC4C=CC=CC43)cc2)ccc1NC(=O)c1ccccc1-c1ccc(C(F)(F)F)cc1. The summed E-state index contributed by atoms with van der Waals surface area (Å²) >= 11 is 0. The summed E-state index contributed by atoms with van der Waals surface area (Å²) in [6.45, 7) is 0. The van der Waals surface area contributed by atoms with Crippen LogP contribution in [0.1, 0.15) is 67.9 Å². The molecule has 278 valence electrons. The van der Waals surface area contributed by atoms with E-state index in [1.54, 1.807) is 80.8 Å². The summed E-state index contributed by atoms with van der Waals surface area (Å²) in [7, 11) is 3.17. The number of alkyl halides is 3. The second kappa shape index (κ2) is 16.4. The van der Waals surface area contributed by atoms with Gasteiger partial charge >= 0.3 is 18.1 Å². The van der Waals surface area contributed by atoms with E-state index in [1.807, 2.05) is 12.2 Å². The predicted molar refractivity (Wildman–Crippen MR) is 198 cm³/mol. The Morgan fingerprint density at radius 1 is 0.833 bits per heavy atom. The molecular formula is C43H39F3N2O6. The largest absolute Gasteiger partial charge is 0.458 e. The molecule has 1 fully saturated rings. The second-order valence-corrected chi connectivity index (χ2v) is 13.5. The zero-order valence-corrected chi connectivity index (χ0v) is 29.8. The third-order valence-corrected chi connectivity index (χ3v) is 9.60. The van der Waals surface area contributed by atoms with Gasteiger partial charge < -0.3 is 19.7 Å². The topological polar surface area (TPSA) is 102 Å². The van der Waals surface area contributed by atoms with Gasteiger partial charge in [0.2, 0.25) is 0 Å². The number of amides is 2. The van der Waals surface area contributed by atoms with Crippen LogP contribution in [0.3, 0.4) is 0 Å². The number of carbonyl (C=O) groups is 4. The number of benzene rings is 4. The molecule has 54 heavy (non-hydrogen) atoms. The van der Waals surface area contributed by atoms with Gasteiger partial charge in [-0.2, -0.15) is 13.2 Å². The van der Waals surface area contributed by atoms with Gasteiger partial charge in [0.15, 0.2) is 0 Å². The molecule has 3 unspecified atom stereocenters. The summed E-state index contributed by atoms with van der Waals surface area (Å²) in [6.07, 6.45) is 6.34. The number of rotatable bonds is 11. The number of hydrogen-bond acceptors (Lipinski definition) is 6. The number of aryl methyl sites for hydroxylation is 1. The van der Waals surface area contributed by atoms with Crippen LogP contribution in [-0.4, -0.2) is 48.9 Å². The molecule has 6 rings (SSSR count). The normalized spacial score (nSPS) is 17.4. The van der Waals surface area contributed by atoms with Gasteiger partial charge in [-0.05, 0) is 103 Å². The Hall–Kier alpha value is -5.97. The van der Waals surface area contributed by atoms with Crippen LogP contribution in [0.25, 0.3) is 11.1 Å². The number of esters is 2. The molecule has 4 aromatic carbocycles. The summed E-state index contributed by atoms with van der Waals surface area (Å²) in [5.74, 6) is -0.882. The number of nitrogens with one attached hydrogen (secondary N) is 1. The van der Waals surface area contributed by atoms with Crippen molar-refractivity contribution in [3.8, 4) is 16.9 Å². The first-order valence-electron chi connectivity index (χ1n) is 17.7. The number of hydrogen-bond donors (Lipinski definition) is 1. The highest BCUT2D eigenvalue weighted by Crippen LogP contribution is 2.38. The van der Waals surface area contributed by atoms with Crippen molar-refractivity contribution in [1.29, 1.82) is 0 Å². The monoisotopic (exact) mass is 736 g/mol. The lowest BCUT2D eigenvalue weighted by atomic mass is 9.91. The lowest BCUT2D eigenvalue weighted by Gasteiger charge is -2.22. The van der Waals surface area contributed by atoms with E-state index in [4.69, 9.17) is 9.47 Å². The Balaban J connectivity index is 1.05. The fourth-order valence-corrected chi connectivity index (χ4v) is 6.76. The van der Waals surface area contributed by atoms with E-state index >= 15 is 0 Å². The minimum absolute atomic E-state index is 0.0895. The van der Waals surface area contributed by atoms with Crippen LogP contribution in [0.2, 0.25) is 0 Å². The molecule has 4 aromatic rings. The number of nitrogens with zero attached hydrogens (tertiary/aromatic N) is 1. The van der Waals surface area contributed by atoms with Crippen molar-refractivity contribution in [1.82, 2.24) is 4.90 Å². The lowest BCUT2D eigenvalue weighted by Crippen LogP contribution is -2.24. The molecule has 2 aliphatic carbocycles. The van der Waals surface area contributed by atoms with Gasteiger partial charge in [0.25, 0.3) is 11.8 Å². The fraction of sp³-hybridized carbons (Fsp3) is 0.256. The van der Waals surface area contributed by atoms with Gasteiger partial charge in [0, 0.05) is 32.0 Å². The molecule has 2 amide bonds. The van der Waals surface area contributed by atoms with Crippen LogP contribution < -0.4 is 10.1 Å². The van der Waals surface area contributed by atoms with E-state index in [2.05, 4.69) is 17.5 Å². The quantitative estimate of drug-likeness (QED) is 0.122. The molecule has 0 bridgehead atoms. The van der Waals surface area contributed by atoms with Crippen LogP contribution in [-0.2, 0) is 22.1 Å². The minimum Gasteiger partial charge on any atom is -0.458 e. The van der Waals surface area contributed by atoms with Crippen molar-refractivity contribution in [2.24, 2.45) is 11.8 Å². The van der Waals surface area contributed by atoms with E-state index in [0.29, 0.717) is 41.2 Å². The van der Waals surface area contributed by atoms with Crippen molar-refractivity contribution in [2.75, 3.05) is 19.4 Å². The second-order valence-electron chi connectivity index (χ2n) is 13.5. The highest BCUT2D eigenvalue weighted by molar-refractivity contribution is 6.11. The van der Waals surface area contributed by atoms with E-state index in [1.165, 1.54) is 17.0 Å². The molecule has 1 N–H and O–H groups in total. The predicted octanol–water partition coefficient (Wildman–Crippen LogP) is 8.93. The number of ether oxygens (including phenoxy) is 2. The Labute approximate surface area is 311 Å². The van der Waals surface area contributed by atoms with Gasteiger partial charge in [0.1, 0.15) is 11.9 Å². The first-order chi connectivity index (χ1) is 25.9. The number of allylic oxidation sites excluding steroid dienone is 3. The van der Waals surface area contributed by atoms with Crippen molar-refractivity contribution in [3.05, 3.63) is 143 Å². The zero-order valence-electron chi connectivity index (χ0n) is 29.8. The van der Waals surface area contributed by atoms with Crippen molar-refractivity contribution >= 4 is 29.4 Å². The Morgan fingerprint density at radius 3 is 2.28 bits per heavy atom. The molecule has 0 aliphatic heterocycles. The number of carbonyl (C=O) groups excluding carboxylic acids is 4. The van der Waals surface area contributed by atoms with Crippen LogP contribution in [0.4, 0.5) is 18.9 Å². The van der Waals surface area contributed by atoms with E-state index < -0.39 is 29.6 Å². The Morgan fingerprint density at radius 2 is 1.56 bits per heavy atom. The zero-order chi connectivity index (χ0) is 38.4. The van der Waals surface area contributed by atoms with Crippen LogP contribution in [0.5, 0.6) is 5.75 Å². The molecule has 0 heterocycles. The third kappa shape index (κ3) is 8.97. The molecule has 8 nitrogen and oxygen atoms in total. The standard InChI is InChI=1S/C43H39F3N2O6/c1-48(2)41(51)36-26-27(14-24-37(36)47-40(50)35-12-6-5-10-33(35)29-15-20-31(21-16-29)43(44,45)46)8-7-13-39(49)53-32-22-17-30(18-23-32)42(52)54-38-25-19-28-9-3-4-11-34(28)38/h3-6,9-12,14-18,20-24,26,28,34,38H,7-8,13,19,25H2,1-2H3,(H,47,50). The lowest BCUT2D eigenvalue weighted by molar-refractivity contribution is -0.137. The van der Waals surface area contributed by atoms with Crippen molar-refractivity contribution in [3.63, 3.8) is 0 Å². The highest BCUT2D eigenvalue weighted by Gasteiger charge is 2.36. The van der Waals surface area contributed by atoms with Crippen LogP contribution in [0, 0.1) is 11.8 Å². The number of anilines is 1. The van der Waals surface area contributed by atoms with Gasteiger partial charge in [-0.25, -0.2) is 4.79 Å². The Bertz CT molecular complexity index is 2090. The van der Waals surface area contributed by atoms with Crippen molar-refractivity contribution in [2.45, 2.75) is 44.4 Å².